The number of carbonyl (C=O) groups excluding carboxylic acids is 1. The number of ether oxygens (including phenoxy) is 2. The first-order chi connectivity index (χ1) is 16.7. The number of aryl methyl sites for hydroxylation is 1. The lowest BCUT2D eigenvalue weighted by molar-refractivity contribution is -0.136. The number of aromatic nitrogens is 3. The third-order valence-corrected chi connectivity index (χ3v) is 5.47. The van der Waals surface area contributed by atoms with E-state index in [4.69, 9.17) is 9.47 Å². The maximum Gasteiger partial charge on any atom is 0.417 e. The number of hydrogen-bond acceptors (Lipinski definition) is 5. The van der Waals surface area contributed by atoms with E-state index in [0.717, 1.165) is 11.6 Å². The molecule has 0 radical (unpaired) electrons. The van der Waals surface area contributed by atoms with E-state index >= 15 is 0 Å². The van der Waals surface area contributed by atoms with Crippen LogP contribution < -0.4 is 14.8 Å². The molecule has 0 aliphatic heterocycles. The van der Waals surface area contributed by atoms with Crippen LogP contribution in [0.3, 0.4) is 0 Å². The summed E-state index contributed by atoms with van der Waals surface area (Å²) in [6.45, 7) is 1.28. The van der Waals surface area contributed by atoms with Gasteiger partial charge in [-0.25, -0.2) is 4.68 Å². The normalized spacial score (nSPS) is 12.4. The van der Waals surface area contributed by atoms with Crippen LogP contribution in [0.5, 0.6) is 11.6 Å². The van der Waals surface area contributed by atoms with Gasteiger partial charge in [-0.05, 0) is 24.6 Å². The molecule has 2 heterocycles. The third-order valence-electron chi connectivity index (χ3n) is 5.47. The van der Waals surface area contributed by atoms with Gasteiger partial charge in [-0.15, -0.1) is 0 Å². The second kappa shape index (κ2) is 9.65. The number of fused-ring (bicyclic) bond motifs is 1. The second-order valence-corrected chi connectivity index (χ2v) is 7.89. The lowest BCUT2D eigenvalue weighted by atomic mass is 10.0. The van der Waals surface area contributed by atoms with Gasteiger partial charge in [0, 0.05) is 18.7 Å². The smallest absolute Gasteiger partial charge is 0.417 e. The van der Waals surface area contributed by atoms with Crippen molar-refractivity contribution in [1.29, 1.82) is 0 Å². The van der Waals surface area contributed by atoms with Crippen LogP contribution in [0.15, 0.2) is 60.7 Å². The van der Waals surface area contributed by atoms with Crippen LogP contribution in [-0.4, -0.2) is 34.4 Å². The van der Waals surface area contributed by atoms with Crippen LogP contribution >= 0.6 is 0 Å². The molecule has 7 nitrogen and oxygen atoms in total. The monoisotopic (exact) mass is 484 g/mol. The minimum absolute atomic E-state index is 0.000636. The summed E-state index contributed by atoms with van der Waals surface area (Å²) < 4.78 is 53.8. The van der Waals surface area contributed by atoms with Crippen molar-refractivity contribution >= 4 is 16.9 Å². The molecule has 0 saturated carbocycles. The Morgan fingerprint density at radius 1 is 1.11 bits per heavy atom. The van der Waals surface area contributed by atoms with Gasteiger partial charge in [0.25, 0.3) is 5.91 Å². The Hall–Kier alpha value is -4.08. The number of pyridine rings is 1. The molecule has 0 saturated heterocycles. The zero-order valence-corrected chi connectivity index (χ0v) is 19.3. The highest BCUT2D eigenvalue weighted by Gasteiger charge is 2.36. The summed E-state index contributed by atoms with van der Waals surface area (Å²) in [6.07, 6.45) is -4.68. The fraction of sp³-hybridized carbons (Fsp3) is 0.240. The number of alkyl halides is 3. The van der Waals surface area contributed by atoms with Crippen molar-refractivity contribution in [3.63, 3.8) is 0 Å². The molecular formula is C25H23F3N4O3. The molecule has 0 aliphatic carbocycles. The van der Waals surface area contributed by atoms with Gasteiger partial charge in [-0.1, -0.05) is 42.5 Å². The zero-order valence-electron chi connectivity index (χ0n) is 19.3. The van der Waals surface area contributed by atoms with Crippen LogP contribution in [0, 0.1) is 0 Å². The molecule has 0 unspecified atom stereocenters. The third kappa shape index (κ3) is 5.21. The van der Waals surface area contributed by atoms with Crippen molar-refractivity contribution in [2.24, 2.45) is 7.05 Å². The number of nitrogens with one attached hydrogen (secondary N) is 1. The minimum Gasteiger partial charge on any atom is -0.497 e. The van der Waals surface area contributed by atoms with Gasteiger partial charge in [0.15, 0.2) is 12.3 Å². The number of halogens is 3. The number of benzene rings is 2. The minimum atomic E-state index is -4.68. The zero-order chi connectivity index (χ0) is 25.2. The van der Waals surface area contributed by atoms with Crippen molar-refractivity contribution in [2.45, 2.75) is 19.1 Å². The Morgan fingerprint density at radius 2 is 1.80 bits per heavy atom. The van der Waals surface area contributed by atoms with Crippen molar-refractivity contribution in [3.05, 3.63) is 71.8 Å². The van der Waals surface area contributed by atoms with E-state index in [2.05, 4.69) is 15.4 Å². The standard InChI is InChI=1S/C25H23F3N4O3/c1-15(16-9-11-18(34-3)12-10-16)29-20(33)14-35-21-13-19(25(26,27)28)22-23(17-7-5-4-6-8-17)31-32(2)24(22)30-21/h4-13,15H,14H2,1-3H3,(H,29,33)/t15-/m1/s1. The first-order valence-electron chi connectivity index (χ1n) is 10.7. The number of carbonyl (C=O) groups is 1. The summed E-state index contributed by atoms with van der Waals surface area (Å²) in [5.41, 5.74) is 0.602. The lowest BCUT2D eigenvalue weighted by Crippen LogP contribution is -2.31. The Kier molecular flexibility index (Phi) is 6.63. The summed E-state index contributed by atoms with van der Waals surface area (Å²) in [4.78, 5) is 16.6. The molecule has 4 rings (SSSR count). The predicted molar refractivity (Wildman–Crippen MR) is 124 cm³/mol. The molecule has 1 N–H and O–H groups in total. The fourth-order valence-corrected chi connectivity index (χ4v) is 3.72. The van der Waals surface area contributed by atoms with Gasteiger partial charge >= 0.3 is 6.18 Å². The number of hydrogen-bond donors (Lipinski definition) is 1. The predicted octanol–water partition coefficient (Wildman–Crippen LogP) is 4.92. The van der Waals surface area contributed by atoms with Crippen LogP contribution in [0.25, 0.3) is 22.3 Å². The maximum absolute atomic E-state index is 14.0. The van der Waals surface area contributed by atoms with Gasteiger partial charge < -0.3 is 14.8 Å². The highest BCUT2D eigenvalue weighted by Crippen LogP contribution is 2.40. The Labute approximate surface area is 199 Å². The molecule has 0 bridgehead atoms. The average Bonchev–Trinajstić information content (AvgIpc) is 3.18. The van der Waals surface area contributed by atoms with Crippen molar-refractivity contribution in [2.75, 3.05) is 13.7 Å². The number of methoxy groups -OCH3 is 1. The van der Waals surface area contributed by atoms with E-state index in [1.807, 2.05) is 12.1 Å². The number of nitrogens with zero attached hydrogens (tertiary/aromatic N) is 3. The molecule has 1 amide bonds. The first kappa shape index (κ1) is 24.1. The molecule has 2 aromatic carbocycles. The molecule has 0 spiro atoms. The molecule has 182 valence electrons. The van der Waals surface area contributed by atoms with E-state index in [9.17, 15) is 18.0 Å². The van der Waals surface area contributed by atoms with Gasteiger partial charge in [-0.3, -0.25) is 4.79 Å². The maximum atomic E-state index is 14.0. The molecule has 0 fully saturated rings. The Bertz CT molecular complexity index is 1340. The van der Waals surface area contributed by atoms with Gasteiger partial charge in [0.2, 0.25) is 5.88 Å². The summed E-state index contributed by atoms with van der Waals surface area (Å²) in [5, 5.41) is 6.89. The number of rotatable bonds is 7. The van der Waals surface area contributed by atoms with E-state index in [1.165, 1.54) is 11.7 Å². The molecule has 0 aliphatic rings. The highest BCUT2D eigenvalue weighted by atomic mass is 19.4. The van der Waals surface area contributed by atoms with Crippen molar-refractivity contribution in [1.82, 2.24) is 20.1 Å². The van der Waals surface area contributed by atoms with Crippen LogP contribution in [0.4, 0.5) is 13.2 Å². The molecule has 35 heavy (non-hydrogen) atoms. The molecular weight excluding hydrogens is 461 g/mol. The summed E-state index contributed by atoms with van der Waals surface area (Å²) >= 11 is 0. The SMILES string of the molecule is COc1ccc([C@@H](C)NC(=O)COc2cc(C(F)(F)F)c3c(-c4ccccc4)nn(C)c3n2)cc1. The largest absolute Gasteiger partial charge is 0.497 e. The molecule has 1 atom stereocenters. The van der Waals surface area contributed by atoms with Crippen LogP contribution in [0.2, 0.25) is 0 Å². The Morgan fingerprint density at radius 3 is 2.43 bits per heavy atom. The van der Waals surface area contributed by atoms with Gasteiger partial charge in [-0.2, -0.15) is 23.3 Å². The topological polar surface area (TPSA) is 78.3 Å². The first-order valence-corrected chi connectivity index (χ1v) is 10.7. The summed E-state index contributed by atoms with van der Waals surface area (Å²) in [7, 11) is 3.07. The molecule has 10 heteroatoms. The van der Waals surface area contributed by atoms with Gasteiger partial charge in [0.1, 0.15) is 11.4 Å². The van der Waals surface area contributed by atoms with Crippen molar-refractivity contribution < 1.29 is 27.4 Å². The molecule has 2 aromatic heterocycles. The van der Waals surface area contributed by atoms with E-state index in [0.29, 0.717) is 11.3 Å². The fourth-order valence-electron chi connectivity index (χ4n) is 3.72. The van der Waals surface area contributed by atoms with E-state index in [-0.39, 0.29) is 28.6 Å². The van der Waals surface area contributed by atoms with Gasteiger partial charge in [0.05, 0.1) is 24.1 Å². The highest BCUT2D eigenvalue weighted by molar-refractivity contribution is 5.94. The van der Waals surface area contributed by atoms with Crippen LogP contribution in [-0.2, 0) is 18.0 Å². The lowest BCUT2D eigenvalue weighted by Gasteiger charge is -2.15. The number of amides is 1. The van der Waals surface area contributed by atoms with Crippen molar-refractivity contribution in [3.8, 4) is 22.9 Å². The summed E-state index contributed by atoms with van der Waals surface area (Å²) in [5.74, 6) is -0.137. The average molecular weight is 484 g/mol. The second-order valence-electron chi connectivity index (χ2n) is 7.89. The summed E-state index contributed by atoms with van der Waals surface area (Å²) in [6, 6.07) is 16.2. The van der Waals surface area contributed by atoms with E-state index < -0.39 is 24.3 Å². The molecule has 4 aromatic rings. The Balaban J connectivity index is 1.57. The van der Waals surface area contributed by atoms with E-state index in [1.54, 1.807) is 56.5 Å². The quantitative estimate of drug-likeness (QED) is 0.403. The van der Waals surface area contributed by atoms with Crippen LogP contribution in [0.1, 0.15) is 24.1 Å².